The second-order valence-electron chi connectivity index (χ2n) is 1.87. The molecule has 0 fully saturated rings. The Hall–Kier alpha value is 0.01000. The van der Waals surface area contributed by atoms with Gasteiger partial charge in [0.25, 0.3) is 0 Å². The number of hydrogen-bond acceptors (Lipinski definition) is 2. The topological polar surface area (TPSA) is 17.1 Å². The quantitative estimate of drug-likeness (QED) is 0.760. The third kappa shape index (κ3) is 2.51. The van der Waals surface area contributed by atoms with Crippen LogP contribution in [0.1, 0.15) is 10.4 Å². The zero-order valence-electron chi connectivity index (χ0n) is 5.38. The summed E-state index contributed by atoms with van der Waals surface area (Å²) in [6.07, 6.45) is 0. The molecule has 0 atom stereocenters. The molecule has 0 saturated carbocycles. The second kappa shape index (κ2) is 4.14. The van der Waals surface area contributed by atoms with Crippen molar-refractivity contribution >= 4 is 41.7 Å². The lowest BCUT2D eigenvalue weighted by Gasteiger charge is -1.94. The molecule has 0 saturated heterocycles. The first-order chi connectivity index (χ1) is 5.24. The molecule has 0 aromatic heterocycles. The first-order valence-electron chi connectivity index (χ1n) is 2.82. The van der Waals surface area contributed by atoms with Crippen LogP contribution in [0, 0.1) is 0 Å². The summed E-state index contributed by atoms with van der Waals surface area (Å²) in [5.41, 5.74) is 0.611. The number of hydrogen-bond donors (Lipinski definition) is 0. The van der Waals surface area contributed by atoms with Gasteiger partial charge in [0.2, 0.25) is 5.12 Å². The van der Waals surface area contributed by atoms with Crippen LogP contribution in [0.25, 0.3) is 0 Å². The van der Waals surface area contributed by atoms with Gasteiger partial charge in [-0.25, -0.2) is 0 Å². The Morgan fingerprint density at radius 1 is 1.55 bits per heavy atom. The molecular formula is C7H4BrClOS. The van der Waals surface area contributed by atoms with Gasteiger partial charge in [0, 0.05) is 10.6 Å². The minimum absolute atomic E-state index is 0.0347. The molecule has 0 aliphatic heterocycles. The minimum atomic E-state index is -0.0347. The molecule has 0 N–H and O–H groups in total. The van der Waals surface area contributed by atoms with E-state index in [1.54, 1.807) is 24.3 Å². The van der Waals surface area contributed by atoms with Crippen LogP contribution in [0.2, 0.25) is 5.02 Å². The summed E-state index contributed by atoms with van der Waals surface area (Å²) >= 11 is 8.67. The van der Waals surface area contributed by atoms with Crippen molar-refractivity contribution in [3.63, 3.8) is 0 Å². The van der Waals surface area contributed by atoms with Gasteiger partial charge in [0.15, 0.2) is 0 Å². The van der Waals surface area contributed by atoms with Gasteiger partial charge in [0.1, 0.15) is 0 Å². The Morgan fingerprint density at radius 3 is 2.82 bits per heavy atom. The highest BCUT2D eigenvalue weighted by atomic mass is 79.9. The molecule has 0 aliphatic carbocycles. The molecule has 0 spiro atoms. The van der Waals surface area contributed by atoms with E-state index in [9.17, 15) is 4.79 Å². The molecule has 1 aromatic rings. The van der Waals surface area contributed by atoms with Crippen LogP contribution in [0.5, 0.6) is 0 Å². The summed E-state index contributed by atoms with van der Waals surface area (Å²) in [7, 11) is 1.00. The molecule has 11 heavy (non-hydrogen) atoms. The van der Waals surface area contributed by atoms with Crippen LogP contribution in [0.4, 0.5) is 0 Å². The fourth-order valence-corrected chi connectivity index (χ4v) is 1.63. The van der Waals surface area contributed by atoms with E-state index in [1.165, 1.54) is 0 Å². The normalized spacial score (nSPS) is 9.64. The van der Waals surface area contributed by atoms with E-state index in [4.69, 9.17) is 11.6 Å². The first kappa shape index (κ1) is 9.10. The molecule has 0 amide bonds. The third-order valence-corrected chi connectivity index (χ3v) is 2.62. The zero-order chi connectivity index (χ0) is 8.27. The lowest BCUT2D eigenvalue weighted by atomic mass is 10.2. The highest BCUT2D eigenvalue weighted by Gasteiger charge is 2.03. The van der Waals surface area contributed by atoms with Crippen molar-refractivity contribution in [1.82, 2.24) is 0 Å². The highest BCUT2D eigenvalue weighted by molar-refractivity contribution is 9.52. The Balaban J connectivity index is 2.96. The van der Waals surface area contributed by atoms with Crippen LogP contribution in [-0.2, 0) is 0 Å². The maximum Gasteiger partial charge on any atom is 0.230 e. The molecule has 1 rings (SSSR count). The molecule has 58 valence electrons. The Bertz CT molecular complexity index is 277. The molecule has 0 unspecified atom stereocenters. The van der Waals surface area contributed by atoms with Gasteiger partial charge in [-0.3, -0.25) is 4.79 Å². The summed E-state index contributed by atoms with van der Waals surface area (Å²) in [6, 6.07) is 6.84. The molecular weight excluding hydrogens is 247 g/mol. The van der Waals surface area contributed by atoms with Gasteiger partial charge in [-0.1, -0.05) is 23.7 Å². The van der Waals surface area contributed by atoms with E-state index in [-0.39, 0.29) is 5.12 Å². The Kier molecular flexibility index (Phi) is 3.43. The van der Waals surface area contributed by atoms with E-state index in [2.05, 4.69) is 14.8 Å². The van der Waals surface area contributed by atoms with Gasteiger partial charge < -0.3 is 0 Å². The third-order valence-electron chi connectivity index (χ3n) is 1.13. The van der Waals surface area contributed by atoms with Crippen LogP contribution >= 0.6 is 36.6 Å². The second-order valence-corrected chi connectivity index (χ2v) is 3.81. The number of halogens is 2. The molecule has 0 bridgehead atoms. The van der Waals surface area contributed by atoms with E-state index in [1.807, 2.05) is 0 Å². The summed E-state index contributed by atoms with van der Waals surface area (Å²) in [5.74, 6) is 0. The summed E-state index contributed by atoms with van der Waals surface area (Å²) < 4.78 is 0. The van der Waals surface area contributed by atoms with Crippen molar-refractivity contribution in [2.45, 2.75) is 0 Å². The molecule has 0 radical (unpaired) electrons. The van der Waals surface area contributed by atoms with Gasteiger partial charge in [-0.05, 0) is 37.1 Å². The summed E-state index contributed by atoms with van der Waals surface area (Å²) in [6.45, 7) is 0. The van der Waals surface area contributed by atoms with Crippen molar-refractivity contribution < 1.29 is 4.79 Å². The van der Waals surface area contributed by atoms with Gasteiger partial charge in [0.05, 0.1) is 0 Å². The standard InChI is InChI=1S/C7H4BrClOS/c8-11-7(10)5-2-1-3-6(9)4-5/h1-4H. The fraction of sp³-hybridized carbons (Fsp3) is 0. The molecule has 1 aromatic carbocycles. The van der Waals surface area contributed by atoms with E-state index in [0.29, 0.717) is 10.6 Å². The fourth-order valence-electron chi connectivity index (χ4n) is 0.660. The monoisotopic (exact) mass is 250 g/mol. The van der Waals surface area contributed by atoms with E-state index < -0.39 is 0 Å². The van der Waals surface area contributed by atoms with Gasteiger partial charge in [-0.15, -0.1) is 0 Å². The van der Waals surface area contributed by atoms with Crippen molar-refractivity contribution in [2.24, 2.45) is 0 Å². The van der Waals surface area contributed by atoms with Crippen LogP contribution in [0.15, 0.2) is 24.3 Å². The first-order valence-corrected chi connectivity index (χ1v) is 5.86. The van der Waals surface area contributed by atoms with E-state index in [0.717, 1.165) is 10.2 Å². The van der Waals surface area contributed by atoms with E-state index >= 15 is 0 Å². The SMILES string of the molecule is O=C(SBr)c1cccc(Cl)c1. The van der Waals surface area contributed by atoms with Crippen molar-refractivity contribution in [1.29, 1.82) is 0 Å². The average molecular weight is 252 g/mol. The molecule has 0 aliphatic rings. The Morgan fingerprint density at radius 2 is 2.27 bits per heavy atom. The lowest BCUT2D eigenvalue weighted by Crippen LogP contribution is -1.88. The van der Waals surface area contributed by atoms with Gasteiger partial charge >= 0.3 is 0 Å². The van der Waals surface area contributed by atoms with Crippen LogP contribution in [0.3, 0.4) is 0 Å². The van der Waals surface area contributed by atoms with Crippen molar-refractivity contribution in [3.8, 4) is 0 Å². The van der Waals surface area contributed by atoms with Crippen LogP contribution in [-0.4, -0.2) is 5.12 Å². The number of benzene rings is 1. The molecule has 1 nitrogen and oxygen atoms in total. The summed E-state index contributed by atoms with van der Waals surface area (Å²) in [5, 5.41) is 0.546. The number of carbonyl (C=O) groups is 1. The average Bonchev–Trinajstić information content (AvgIpc) is 2.03. The maximum atomic E-state index is 11.0. The largest absolute Gasteiger partial charge is 0.281 e. The summed E-state index contributed by atoms with van der Waals surface area (Å²) in [4.78, 5) is 11.0. The number of rotatable bonds is 1. The highest BCUT2D eigenvalue weighted by Crippen LogP contribution is 2.20. The van der Waals surface area contributed by atoms with Crippen LogP contribution < -0.4 is 0 Å². The van der Waals surface area contributed by atoms with Crippen molar-refractivity contribution in [3.05, 3.63) is 34.9 Å². The minimum Gasteiger partial charge on any atom is -0.281 e. The maximum absolute atomic E-state index is 11.0. The predicted molar refractivity (Wildman–Crippen MR) is 52.3 cm³/mol. The smallest absolute Gasteiger partial charge is 0.230 e. The molecule has 4 heteroatoms. The van der Waals surface area contributed by atoms with Gasteiger partial charge in [-0.2, -0.15) is 0 Å². The number of carbonyl (C=O) groups excluding carboxylic acids is 1. The molecule has 0 heterocycles. The zero-order valence-corrected chi connectivity index (χ0v) is 8.54. The van der Waals surface area contributed by atoms with Crippen molar-refractivity contribution in [2.75, 3.05) is 0 Å². The Labute approximate surface area is 81.3 Å². The predicted octanol–water partition coefficient (Wildman–Crippen LogP) is 3.52. The lowest BCUT2D eigenvalue weighted by molar-refractivity contribution is 0.109.